The van der Waals surface area contributed by atoms with Gasteiger partial charge >= 0.3 is 5.97 Å². The lowest BCUT2D eigenvalue weighted by molar-refractivity contribution is -0.136. The number of pyridine rings is 1. The Labute approximate surface area is 82.5 Å². The molecule has 4 N–H and O–H groups in total. The minimum absolute atomic E-state index is 0.253. The summed E-state index contributed by atoms with van der Waals surface area (Å²) in [5.74, 6) is -1.63. The highest BCUT2D eigenvalue weighted by molar-refractivity contribution is 5.73. The Morgan fingerprint density at radius 2 is 2.20 bits per heavy atom. The van der Waals surface area contributed by atoms with Gasteiger partial charge in [-0.05, 0) is 0 Å². The molecule has 5 nitrogen and oxygen atoms in total. The number of aromatic nitrogens is 1. The molecule has 0 unspecified atom stereocenters. The van der Waals surface area contributed by atoms with Crippen LogP contribution < -0.4 is 11.3 Å². The number of H-pyrrole nitrogens is 1. The molecular formula is C8H8F2N2O3. The molecular weight excluding hydrogens is 210 g/mol. The van der Waals surface area contributed by atoms with Gasteiger partial charge in [0.1, 0.15) is 5.82 Å². The average Bonchev–Trinajstić information content (AvgIpc) is 2.08. The molecule has 1 rings (SSSR count). The van der Waals surface area contributed by atoms with Gasteiger partial charge in [-0.25, -0.2) is 8.78 Å². The summed E-state index contributed by atoms with van der Waals surface area (Å²) >= 11 is 0. The predicted molar refractivity (Wildman–Crippen MR) is 47.8 cm³/mol. The zero-order valence-electron chi connectivity index (χ0n) is 7.46. The average molecular weight is 218 g/mol. The highest BCUT2D eigenvalue weighted by Gasteiger charge is 2.18. The van der Waals surface area contributed by atoms with Gasteiger partial charge < -0.3 is 15.8 Å². The molecule has 0 aliphatic carbocycles. The van der Waals surface area contributed by atoms with E-state index in [1.165, 1.54) is 0 Å². The van der Waals surface area contributed by atoms with Gasteiger partial charge in [-0.1, -0.05) is 0 Å². The molecule has 0 spiro atoms. The number of anilines is 1. The highest BCUT2D eigenvalue weighted by atomic mass is 19.3. The molecule has 0 bridgehead atoms. The maximum absolute atomic E-state index is 12.4. The van der Waals surface area contributed by atoms with E-state index in [2.05, 4.69) is 4.98 Å². The number of aromatic amines is 1. The number of nitrogens with two attached hydrogens (primary N) is 1. The van der Waals surface area contributed by atoms with Crippen LogP contribution in [0.5, 0.6) is 0 Å². The molecule has 1 heterocycles. The van der Waals surface area contributed by atoms with E-state index in [1.54, 1.807) is 0 Å². The number of hydrogen-bond donors (Lipinski definition) is 3. The number of nitrogens with one attached hydrogen (secondary N) is 1. The molecule has 0 aliphatic heterocycles. The SMILES string of the molecule is Nc1[nH]c(=O)cc(C(F)F)c1CC(=O)O. The molecule has 0 saturated heterocycles. The highest BCUT2D eigenvalue weighted by Crippen LogP contribution is 2.24. The van der Waals surface area contributed by atoms with Crippen LogP contribution in [0.25, 0.3) is 0 Å². The van der Waals surface area contributed by atoms with Gasteiger partial charge in [0.2, 0.25) is 5.56 Å². The van der Waals surface area contributed by atoms with Crippen molar-refractivity contribution in [1.29, 1.82) is 0 Å². The fourth-order valence-corrected chi connectivity index (χ4v) is 1.17. The van der Waals surface area contributed by atoms with Crippen LogP contribution in [0.2, 0.25) is 0 Å². The number of nitrogen functional groups attached to an aromatic ring is 1. The summed E-state index contributed by atoms with van der Waals surface area (Å²) in [6, 6.07) is 0.652. The second-order valence-electron chi connectivity index (χ2n) is 2.85. The molecule has 0 aromatic carbocycles. The van der Waals surface area contributed by atoms with Crippen molar-refractivity contribution in [3.8, 4) is 0 Å². The van der Waals surface area contributed by atoms with Crippen LogP contribution in [0.4, 0.5) is 14.6 Å². The summed E-state index contributed by atoms with van der Waals surface area (Å²) in [6.45, 7) is 0. The molecule has 1 aromatic rings. The summed E-state index contributed by atoms with van der Waals surface area (Å²) in [5.41, 5.74) is 3.58. The van der Waals surface area contributed by atoms with Crippen LogP contribution in [0.15, 0.2) is 10.9 Å². The maximum atomic E-state index is 12.4. The summed E-state index contributed by atoms with van der Waals surface area (Å²) < 4.78 is 24.9. The second-order valence-corrected chi connectivity index (χ2v) is 2.85. The Kier molecular flexibility index (Phi) is 3.03. The van der Waals surface area contributed by atoms with Gasteiger partial charge in [0.15, 0.2) is 0 Å². The molecule has 0 atom stereocenters. The van der Waals surface area contributed by atoms with Crippen LogP contribution in [-0.4, -0.2) is 16.1 Å². The smallest absolute Gasteiger partial charge is 0.307 e. The van der Waals surface area contributed by atoms with E-state index in [-0.39, 0.29) is 11.4 Å². The van der Waals surface area contributed by atoms with Crippen LogP contribution in [-0.2, 0) is 11.2 Å². The first-order chi connectivity index (χ1) is 6.91. The first-order valence-corrected chi connectivity index (χ1v) is 3.93. The largest absolute Gasteiger partial charge is 0.481 e. The molecule has 82 valence electrons. The topological polar surface area (TPSA) is 96.2 Å². The van der Waals surface area contributed by atoms with Crippen molar-refractivity contribution in [2.24, 2.45) is 0 Å². The lowest BCUT2D eigenvalue weighted by Crippen LogP contribution is -2.16. The quantitative estimate of drug-likeness (QED) is 0.689. The van der Waals surface area contributed by atoms with Crippen LogP contribution >= 0.6 is 0 Å². The van der Waals surface area contributed by atoms with E-state index in [0.717, 1.165) is 0 Å². The van der Waals surface area contributed by atoms with E-state index >= 15 is 0 Å². The molecule has 7 heteroatoms. The van der Waals surface area contributed by atoms with Crippen LogP contribution in [0.1, 0.15) is 17.6 Å². The molecule has 0 radical (unpaired) electrons. The fourth-order valence-electron chi connectivity index (χ4n) is 1.17. The Bertz CT molecular complexity index is 442. The van der Waals surface area contributed by atoms with Crippen molar-refractivity contribution < 1.29 is 18.7 Å². The van der Waals surface area contributed by atoms with Crippen molar-refractivity contribution in [3.63, 3.8) is 0 Å². The molecule has 1 aromatic heterocycles. The minimum atomic E-state index is -2.93. The van der Waals surface area contributed by atoms with E-state index in [9.17, 15) is 18.4 Å². The van der Waals surface area contributed by atoms with E-state index in [1.807, 2.05) is 0 Å². The Balaban J connectivity index is 3.33. The van der Waals surface area contributed by atoms with E-state index in [4.69, 9.17) is 10.8 Å². The van der Waals surface area contributed by atoms with Gasteiger partial charge in [0.05, 0.1) is 6.42 Å². The first-order valence-electron chi connectivity index (χ1n) is 3.93. The number of carbonyl (C=O) groups is 1. The predicted octanol–water partition coefficient (Wildman–Crippen LogP) is 0.522. The lowest BCUT2D eigenvalue weighted by Gasteiger charge is -2.08. The van der Waals surface area contributed by atoms with Crippen molar-refractivity contribution in [2.75, 3.05) is 5.73 Å². The number of rotatable bonds is 3. The van der Waals surface area contributed by atoms with Gasteiger partial charge in [-0.15, -0.1) is 0 Å². The Morgan fingerprint density at radius 3 is 2.67 bits per heavy atom. The third-order valence-electron chi connectivity index (χ3n) is 1.78. The molecule has 0 amide bonds. The van der Waals surface area contributed by atoms with Crippen molar-refractivity contribution in [1.82, 2.24) is 4.98 Å². The number of alkyl halides is 2. The van der Waals surface area contributed by atoms with Gasteiger partial charge in [-0.3, -0.25) is 9.59 Å². The van der Waals surface area contributed by atoms with E-state index in [0.29, 0.717) is 6.07 Å². The molecule has 0 fully saturated rings. The number of carboxylic acid groups (broad SMARTS) is 1. The summed E-state index contributed by atoms with van der Waals surface area (Å²) in [4.78, 5) is 23.3. The summed E-state index contributed by atoms with van der Waals surface area (Å²) in [6.07, 6.45) is -3.58. The number of hydrogen-bond acceptors (Lipinski definition) is 3. The third-order valence-corrected chi connectivity index (χ3v) is 1.78. The van der Waals surface area contributed by atoms with Crippen molar-refractivity contribution >= 4 is 11.8 Å². The summed E-state index contributed by atoms with van der Waals surface area (Å²) in [7, 11) is 0. The normalized spacial score (nSPS) is 10.6. The number of carboxylic acids is 1. The third kappa shape index (κ3) is 2.52. The maximum Gasteiger partial charge on any atom is 0.307 e. The zero-order valence-corrected chi connectivity index (χ0v) is 7.46. The Morgan fingerprint density at radius 1 is 1.60 bits per heavy atom. The summed E-state index contributed by atoms with van der Waals surface area (Å²) in [5, 5.41) is 8.47. The monoisotopic (exact) mass is 218 g/mol. The second kappa shape index (κ2) is 4.07. The molecule has 0 saturated carbocycles. The zero-order chi connectivity index (χ0) is 11.6. The van der Waals surface area contributed by atoms with Gasteiger partial charge in [0, 0.05) is 17.2 Å². The Hall–Kier alpha value is -1.92. The number of halogens is 2. The first kappa shape index (κ1) is 11.2. The lowest BCUT2D eigenvalue weighted by atomic mass is 10.1. The minimum Gasteiger partial charge on any atom is -0.481 e. The van der Waals surface area contributed by atoms with Crippen LogP contribution in [0, 0.1) is 0 Å². The van der Waals surface area contributed by atoms with Crippen molar-refractivity contribution in [2.45, 2.75) is 12.8 Å². The molecule has 15 heavy (non-hydrogen) atoms. The van der Waals surface area contributed by atoms with Crippen LogP contribution in [0.3, 0.4) is 0 Å². The number of aliphatic carboxylic acids is 1. The molecule has 0 aliphatic rings. The fraction of sp³-hybridized carbons (Fsp3) is 0.250. The van der Waals surface area contributed by atoms with E-state index < -0.39 is 29.9 Å². The standard InChI is InChI=1S/C8H8F2N2O3/c9-7(10)3-1-5(13)12-8(11)4(3)2-6(14)15/h1,7H,2H2,(H,14,15)(H3,11,12,13). The van der Waals surface area contributed by atoms with Gasteiger partial charge in [0.25, 0.3) is 6.43 Å². The van der Waals surface area contributed by atoms with Crippen molar-refractivity contribution in [3.05, 3.63) is 27.5 Å². The van der Waals surface area contributed by atoms with Gasteiger partial charge in [-0.2, -0.15) is 0 Å².